The van der Waals surface area contributed by atoms with Crippen LogP contribution < -0.4 is 0 Å². The van der Waals surface area contributed by atoms with Crippen LogP contribution in [-0.4, -0.2) is 8.75 Å². The van der Waals surface area contributed by atoms with Gasteiger partial charge in [-0.1, -0.05) is 23.2 Å². The molecule has 0 atom stereocenters. The molecule has 2 rings (SSSR count). The Morgan fingerprint density at radius 3 is 1.69 bits per heavy atom. The van der Waals surface area contributed by atoms with Crippen LogP contribution in [0.3, 0.4) is 0 Å². The minimum atomic E-state index is 0.658. The molecule has 0 aliphatic heterocycles. The first-order valence-electron chi connectivity index (χ1n) is 3.69. The average molecular weight is 233 g/mol. The first-order valence-corrected chi connectivity index (χ1v) is 5.18. The third kappa shape index (κ3) is 1.23. The van der Waals surface area contributed by atoms with Crippen LogP contribution in [0, 0.1) is 13.8 Å². The third-order valence-corrected chi connectivity index (χ3v) is 3.58. The van der Waals surface area contributed by atoms with Crippen molar-refractivity contribution in [1.29, 1.82) is 0 Å². The average Bonchev–Trinajstić information content (AvgIpc) is 2.59. The molecule has 1 heterocycles. The maximum absolute atomic E-state index is 6.09. The standard InChI is InChI=1S/C8H6Cl2N2S/c1-3-4(2)6(10)8-7(5(3)9)11-13-12-8/h1-2H3. The Labute approximate surface area is 89.8 Å². The molecular weight excluding hydrogens is 227 g/mol. The fourth-order valence-electron chi connectivity index (χ4n) is 1.16. The molecule has 0 saturated heterocycles. The van der Waals surface area contributed by atoms with E-state index in [2.05, 4.69) is 8.75 Å². The normalized spacial score (nSPS) is 11.1. The molecule has 0 aliphatic carbocycles. The second-order valence-electron chi connectivity index (χ2n) is 2.84. The summed E-state index contributed by atoms with van der Waals surface area (Å²) < 4.78 is 8.19. The molecule has 2 nitrogen and oxygen atoms in total. The monoisotopic (exact) mass is 232 g/mol. The van der Waals surface area contributed by atoms with Crippen molar-refractivity contribution in [2.24, 2.45) is 0 Å². The van der Waals surface area contributed by atoms with Crippen molar-refractivity contribution in [3.63, 3.8) is 0 Å². The van der Waals surface area contributed by atoms with E-state index in [1.807, 2.05) is 13.8 Å². The van der Waals surface area contributed by atoms with Crippen molar-refractivity contribution < 1.29 is 0 Å². The molecule has 2 aromatic rings. The molecule has 0 spiro atoms. The van der Waals surface area contributed by atoms with Crippen molar-refractivity contribution in [3.05, 3.63) is 21.2 Å². The van der Waals surface area contributed by atoms with Crippen LogP contribution in [0.2, 0.25) is 10.0 Å². The fourth-order valence-corrected chi connectivity index (χ4v) is 2.37. The summed E-state index contributed by atoms with van der Waals surface area (Å²) in [6.45, 7) is 3.87. The number of halogens is 2. The topological polar surface area (TPSA) is 25.8 Å². The summed E-state index contributed by atoms with van der Waals surface area (Å²) in [5.41, 5.74) is 3.37. The Kier molecular flexibility index (Phi) is 2.18. The Morgan fingerprint density at radius 1 is 0.923 bits per heavy atom. The van der Waals surface area contributed by atoms with Crippen LogP contribution in [0.25, 0.3) is 11.0 Å². The molecule has 0 amide bonds. The second kappa shape index (κ2) is 3.08. The van der Waals surface area contributed by atoms with E-state index in [1.54, 1.807) is 0 Å². The first-order chi connectivity index (χ1) is 6.13. The van der Waals surface area contributed by atoms with E-state index in [0.29, 0.717) is 21.1 Å². The van der Waals surface area contributed by atoms with Gasteiger partial charge >= 0.3 is 0 Å². The Morgan fingerprint density at radius 2 is 1.31 bits per heavy atom. The molecular formula is C8H6Cl2N2S. The van der Waals surface area contributed by atoms with Crippen molar-refractivity contribution in [1.82, 2.24) is 8.75 Å². The number of rotatable bonds is 0. The summed E-state index contributed by atoms with van der Waals surface area (Å²) in [7, 11) is 0. The van der Waals surface area contributed by atoms with Gasteiger partial charge in [0.1, 0.15) is 11.0 Å². The zero-order chi connectivity index (χ0) is 9.59. The molecule has 1 aromatic heterocycles. The van der Waals surface area contributed by atoms with Gasteiger partial charge < -0.3 is 0 Å². The Hall–Kier alpha value is -0.380. The molecule has 68 valence electrons. The molecule has 0 fully saturated rings. The highest BCUT2D eigenvalue weighted by Gasteiger charge is 2.14. The van der Waals surface area contributed by atoms with Gasteiger partial charge in [0.15, 0.2) is 0 Å². The molecule has 0 saturated carbocycles. The highest BCUT2D eigenvalue weighted by Crippen LogP contribution is 2.34. The smallest absolute Gasteiger partial charge is 0.125 e. The molecule has 13 heavy (non-hydrogen) atoms. The molecule has 0 radical (unpaired) electrons. The van der Waals surface area contributed by atoms with Crippen LogP contribution in [0.5, 0.6) is 0 Å². The molecule has 0 unspecified atom stereocenters. The molecule has 0 aliphatic rings. The summed E-state index contributed by atoms with van der Waals surface area (Å²) in [5, 5.41) is 1.32. The van der Waals surface area contributed by atoms with Gasteiger partial charge in [-0.3, -0.25) is 0 Å². The van der Waals surface area contributed by atoms with Crippen molar-refractivity contribution in [3.8, 4) is 0 Å². The summed E-state index contributed by atoms with van der Waals surface area (Å²) >= 11 is 13.3. The zero-order valence-electron chi connectivity index (χ0n) is 7.06. The Balaban J connectivity index is 3.02. The number of fused-ring (bicyclic) bond motifs is 1. The molecule has 0 bridgehead atoms. The minimum Gasteiger partial charge on any atom is -0.171 e. The second-order valence-corrected chi connectivity index (χ2v) is 4.12. The van der Waals surface area contributed by atoms with E-state index in [4.69, 9.17) is 23.2 Å². The SMILES string of the molecule is Cc1c(C)c(Cl)c2nsnc2c1Cl. The van der Waals surface area contributed by atoms with Gasteiger partial charge in [0.25, 0.3) is 0 Å². The van der Waals surface area contributed by atoms with E-state index in [1.165, 1.54) is 0 Å². The maximum Gasteiger partial charge on any atom is 0.125 e. The van der Waals surface area contributed by atoms with E-state index >= 15 is 0 Å². The summed E-state index contributed by atoms with van der Waals surface area (Å²) in [5.74, 6) is 0. The van der Waals surface area contributed by atoms with Crippen LogP contribution in [-0.2, 0) is 0 Å². The summed E-state index contributed by atoms with van der Waals surface area (Å²) in [4.78, 5) is 0. The molecule has 1 aromatic carbocycles. The van der Waals surface area contributed by atoms with Crippen LogP contribution in [0.15, 0.2) is 0 Å². The molecule has 5 heteroatoms. The fraction of sp³-hybridized carbons (Fsp3) is 0.250. The van der Waals surface area contributed by atoms with Gasteiger partial charge in [0.05, 0.1) is 21.8 Å². The van der Waals surface area contributed by atoms with Gasteiger partial charge in [-0.15, -0.1) is 0 Å². The summed E-state index contributed by atoms with van der Waals surface area (Å²) in [6.07, 6.45) is 0. The minimum absolute atomic E-state index is 0.658. The number of hydrogen-bond donors (Lipinski definition) is 0. The highest BCUT2D eigenvalue weighted by atomic mass is 35.5. The van der Waals surface area contributed by atoms with Gasteiger partial charge in [-0.2, -0.15) is 8.75 Å². The van der Waals surface area contributed by atoms with Crippen LogP contribution >= 0.6 is 34.9 Å². The van der Waals surface area contributed by atoms with E-state index in [0.717, 1.165) is 22.9 Å². The van der Waals surface area contributed by atoms with Gasteiger partial charge in [0, 0.05) is 0 Å². The third-order valence-electron chi connectivity index (χ3n) is 2.13. The largest absolute Gasteiger partial charge is 0.171 e. The molecule has 0 N–H and O–H groups in total. The lowest BCUT2D eigenvalue weighted by Gasteiger charge is -2.05. The van der Waals surface area contributed by atoms with Crippen molar-refractivity contribution in [2.45, 2.75) is 13.8 Å². The highest BCUT2D eigenvalue weighted by molar-refractivity contribution is 7.00. The number of aromatic nitrogens is 2. The van der Waals surface area contributed by atoms with Gasteiger partial charge in [0.2, 0.25) is 0 Å². The number of benzene rings is 1. The van der Waals surface area contributed by atoms with Crippen LogP contribution in [0.1, 0.15) is 11.1 Å². The summed E-state index contributed by atoms with van der Waals surface area (Å²) in [6, 6.07) is 0. The van der Waals surface area contributed by atoms with E-state index in [9.17, 15) is 0 Å². The van der Waals surface area contributed by atoms with Crippen molar-refractivity contribution in [2.75, 3.05) is 0 Å². The first kappa shape index (κ1) is 9.19. The lowest BCUT2D eigenvalue weighted by molar-refractivity contribution is 1.35. The zero-order valence-corrected chi connectivity index (χ0v) is 9.39. The number of hydrogen-bond acceptors (Lipinski definition) is 3. The van der Waals surface area contributed by atoms with Crippen molar-refractivity contribution >= 4 is 46.0 Å². The predicted molar refractivity (Wildman–Crippen MR) is 56.9 cm³/mol. The lowest BCUT2D eigenvalue weighted by atomic mass is 10.1. The number of nitrogens with zero attached hydrogens (tertiary/aromatic N) is 2. The van der Waals surface area contributed by atoms with Crippen LogP contribution in [0.4, 0.5) is 0 Å². The maximum atomic E-state index is 6.09. The van der Waals surface area contributed by atoms with Gasteiger partial charge in [-0.25, -0.2) is 0 Å². The van der Waals surface area contributed by atoms with E-state index < -0.39 is 0 Å². The quantitative estimate of drug-likeness (QED) is 0.694. The van der Waals surface area contributed by atoms with Gasteiger partial charge in [-0.05, 0) is 25.0 Å². The predicted octanol–water partition coefficient (Wildman–Crippen LogP) is 3.61. The van der Waals surface area contributed by atoms with E-state index in [-0.39, 0.29) is 0 Å². The Bertz CT molecular complexity index is 436. The lowest BCUT2D eigenvalue weighted by Crippen LogP contribution is -1.87.